The van der Waals surface area contributed by atoms with E-state index in [1.54, 1.807) is 18.2 Å². The van der Waals surface area contributed by atoms with Crippen molar-refractivity contribution in [1.29, 1.82) is 0 Å². The van der Waals surface area contributed by atoms with Gasteiger partial charge in [0.05, 0.1) is 0 Å². The molecule has 1 aromatic carbocycles. The summed E-state index contributed by atoms with van der Waals surface area (Å²) < 4.78 is 46.3. The summed E-state index contributed by atoms with van der Waals surface area (Å²) in [5, 5.41) is 2.51. The van der Waals surface area contributed by atoms with Crippen molar-refractivity contribution in [2.24, 2.45) is 0 Å². The highest BCUT2D eigenvalue weighted by atomic mass is 19.4. The molecule has 8 heteroatoms. The third-order valence-corrected chi connectivity index (χ3v) is 3.46. The van der Waals surface area contributed by atoms with Gasteiger partial charge in [-0.15, -0.1) is 0 Å². The van der Waals surface area contributed by atoms with Gasteiger partial charge in [0.1, 0.15) is 18.2 Å². The van der Waals surface area contributed by atoms with Crippen molar-refractivity contribution in [3.63, 3.8) is 0 Å². The van der Waals surface area contributed by atoms with Crippen molar-refractivity contribution in [3.8, 4) is 0 Å². The third-order valence-electron chi connectivity index (χ3n) is 3.46. The van der Waals surface area contributed by atoms with Gasteiger partial charge in [-0.25, -0.2) is 4.98 Å². The number of aromatic nitrogens is 1. The van der Waals surface area contributed by atoms with Crippen LogP contribution in [-0.4, -0.2) is 29.8 Å². The number of hydrogen-bond donors (Lipinski definition) is 1. The number of oxazole rings is 1. The van der Waals surface area contributed by atoms with E-state index in [2.05, 4.69) is 15.0 Å². The van der Waals surface area contributed by atoms with Crippen molar-refractivity contribution in [2.75, 3.05) is 11.9 Å². The molecule has 1 saturated carbocycles. The summed E-state index contributed by atoms with van der Waals surface area (Å²) in [7, 11) is 0. The second kappa shape index (κ2) is 5.84. The second-order valence-electron chi connectivity index (χ2n) is 5.57. The topological polar surface area (TPSA) is 64.4 Å². The molecule has 0 spiro atoms. The zero-order valence-electron chi connectivity index (χ0n) is 12.3. The summed E-state index contributed by atoms with van der Waals surface area (Å²) in [6.07, 6.45) is -3.56. The zero-order chi connectivity index (χ0) is 16.6. The Morgan fingerprint density at radius 1 is 1.48 bits per heavy atom. The van der Waals surface area contributed by atoms with E-state index >= 15 is 0 Å². The molecule has 1 atom stereocenters. The Hall–Kier alpha value is -2.09. The van der Waals surface area contributed by atoms with Gasteiger partial charge in [-0.05, 0) is 38.0 Å². The standard InChI is InChI=1S/C15H15F3N2O3/c1-8(22-7-15(16,17)18)13(21)19-10-4-5-12-11(6-10)20-14(23-12)9-2-3-9/h4-6,8-9H,2-3,7H2,1H3,(H,19,21). The first kappa shape index (κ1) is 15.8. The van der Waals surface area contributed by atoms with Crippen molar-refractivity contribution in [3.05, 3.63) is 24.1 Å². The summed E-state index contributed by atoms with van der Waals surface area (Å²) in [5.74, 6) is 0.404. The number of hydrogen-bond acceptors (Lipinski definition) is 4. The summed E-state index contributed by atoms with van der Waals surface area (Å²) in [6, 6.07) is 4.91. The van der Waals surface area contributed by atoms with Crippen LogP contribution >= 0.6 is 0 Å². The number of benzene rings is 1. The van der Waals surface area contributed by atoms with Gasteiger partial charge < -0.3 is 14.5 Å². The molecule has 1 heterocycles. The fourth-order valence-corrected chi connectivity index (χ4v) is 2.07. The number of anilines is 1. The largest absolute Gasteiger partial charge is 0.440 e. The molecule has 2 aromatic rings. The fraction of sp³-hybridized carbons (Fsp3) is 0.467. The molecule has 0 bridgehead atoms. The van der Waals surface area contributed by atoms with Crippen LogP contribution in [0.3, 0.4) is 0 Å². The van der Waals surface area contributed by atoms with Gasteiger partial charge in [-0.1, -0.05) is 0 Å². The Morgan fingerprint density at radius 3 is 2.87 bits per heavy atom. The predicted molar refractivity (Wildman–Crippen MR) is 76.1 cm³/mol. The monoisotopic (exact) mass is 328 g/mol. The Labute approximate surface area is 129 Å². The van der Waals surface area contributed by atoms with Gasteiger partial charge in [-0.2, -0.15) is 13.2 Å². The molecule has 1 aliphatic rings. The maximum atomic E-state index is 12.1. The van der Waals surface area contributed by atoms with Crippen molar-refractivity contribution in [1.82, 2.24) is 4.98 Å². The lowest BCUT2D eigenvalue weighted by molar-refractivity contribution is -0.184. The predicted octanol–water partition coefficient (Wildman–Crippen LogP) is 3.61. The van der Waals surface area contributed by atoms with Gasteiger partial charge in [-0.3, -0.25) is 4.79 Å². The SMILES string of the molecule is CC(OCC(F)(F)F)C(=O)Nc1ccc2oc(C3CC3)nc2c1. The van der Waals surface area contributed by atoms with E-state index in [1.165, 1.54) is 6.92 Å². The average molecular weight is 328 g/mol. The maximum absolute atomic E-state index is 12.1. The number of halogens is 3. The number of amides is 1. The Morgan fingerprint density at radius 2 is 2.22 bits per heavy atom. The van der Waals surface area contributed by atoms with E-state index in [0.717, 1.165) is 12.8 Å². The molecule has 3 rings (SSSR count). The van der Waals surface area contributed by atoms with E-state index in [-0.39, 0.29) is 0 Å². The first-order valence-electron chi connectivity index (χ1n) is 7.21. The molecule has 0 aliphatic heterocycles. The van der Waals surface area contributed by atoms with Gasteiger partial charge in [0.2, 0.25) is 0 Å². The smallest absolute Gasteiger partial charge is 0.411 e. The number of carbonyl (C=O) groups is 1. The first-order chi connectivity index (χ1) is 10.8. The van der Waals surface area contributed by atoms with Crippen LogP contribution in [0.2, 0.25) is 0 Å². The van der Waals surface area contributed by atoms with Gasteiger partial charge >= 0.3 is 6.18 Å². The molecule has 1 aromatic heterocycles. The molecule has 1 aliphatic carbocycles. The van der Waals surface area contributed by atoms with E-state index in [4.69, 9.17) is 4.42 Å². The molecule has 1 amide bonds. The summed E-state index contributed by atoms with van der Waals surface area (Å²) in [5.41, 5.74) is 1.65. The number of rotatable bonds is 5. The molecule has 5 nitrogen and oxygen atoms in total. The first-order valence-corrected chi connectivity index (χ1v) is 7.21. The van der Waals surface area contributed by atoms with Gasteiger partial charge in [0, 0.05) is 11.6 Å². The minimum Gasteiger partial charge on any atom is -0.440 e. The fourth-order valence-electron chi connectivity index (χ4n) is 2.07. The molecule has 1 fully saturated rings. The van der Waals surface area contributed by atoms with Crippen molar-refractivity contribution in [2.45, 2.75) is 38.0 Å². The summed E-state index contributed by atoms with van der Waals surface area (Å²) in [6.45, 7) is -0.199. The minimum atomic E-state index is -4.46. The van der Waals surface area contributed by atoms with Crippen LogP contribution < -0.4 is 5.32 Å². The molecule has 1 unspecified atom stereocenters. The molecule has 0 radical (unpaired) electrons. The highest BCUT2D eigenvalue weighted by Gasteiger charge is 2.30. The van der Waals surface area contributed by atoms with E-state index in [9.17, 15) is 18.0 Å². The average Bonchev–Trinajstić information content (AvgIpc) is 3.24. The van der Waals surface area contributed by atoms with Gasteiger partial charge in [0.15, 0.2) is 11.5 Å². The lowest BCUT2D eigenvalue weighted by Gasteiger charge is -2.14. The van der Waals surface area contributed by atoms with Crippen LogP contribution in [0, 0.1) is 0 Å². The van der Waals surface area contributed by atoms with Crippen LogP contribution in [0.15, 0.2) is 22.6 Å². The number of carbonyl (C=O) groups excluding carboxylic acids is 1. The lowest BCUT2D eigenvalue weighted by atomic mass is 10.2. The van der Waals surface area contributed by atoms with E-state index in [0.29, 0.717) is 28.6 Å². The summed E-state index contributed by atoms with van der Waals surface area (Å²) in [4.78, 5) is 16.2. The highest BCUT2D eigenvalue weighted by molar-refractivity contribution is 5.95. The van der Waals surface area contributed by atoms with Crippen LogP contribution in [0.1, 0.15) is 31.6 Å². The molecular formula is C15H15F3N2O3. The normalized spacial score (nSPS) is 16.5. The number of alkyl halides is 3. The molecule has 0 saturated heterocycles. The second-order valence-corrected chi connectivity index (χ2v) is 5.57. The summed E-state index contributed by atoms with van der Waals surface area (Å²) >= 11 is 0. The van der Waals surface area contributed by atoms with Crippen LogP contribution in [0.5, 0.6) is 0 Å². The number of nitrogens with zero attached hydrogens (tertiary/aromatic N) is 1. The van der Waals surface area contributed by atoms with Crippen LogP contribution in [0.4, 0.5) is 18.9 Å². The van der Waals surface area contributed by atoms with E-state index < -0.39 is 24.8 Å². The maximum Gasteiger partial charge on any atom is 0.411 e. The molecule has 1 N–H and O–H groups in total. The lowest BCUT2D eigenvalue weighted by Crippen LogP contribution is -2.31. The number of fused-ring (bicyclic) bond motifs is 1. The van der Waals surface area contributed by atoms with Gasteiger partial charge in [0.25, 0.3) is 5.91 Å². The van der Waals surface area contributed by atoms with Crippen LogP contribution in [0.25, 0.3) is 11.1 Å². The molecule has 23 heavy (non-hydrogen) atoms. The van der Waals surface area contributed by atoms with E-state index in [1.807, 2.05) is 0 Å². The van der Waals surface area contributed by atoms with Crippen LogP contribution in [-0.2, 0) is 9.53 Å². The quantitative estimate of drug-likeness (QED) is 0.910. The Balaban J connectivity index is 1.64. The van der Waals surface area contributed by atoms with Crippen molar-refractivity contribution < 1.29 is 27.1 Å². The molecule has 124 valence electrons. The van der Waals surface area contributed by atoms with Crippen molar-refractivity contribution >= 4 is 22.7 Å². The molecular weight excluding hydrogens is 313 g/mol. The minimum absolute atomic E-state index is 0.372. The highest BCUT2D eigenvalue weighted by Crippen LogP contribution is 2.40. The number of ether oxygens (including phenoxy) is 1. The third kappa shape index (κ3) is 4.01. The number of nitrogens with one attached hydrogen (secondary N) is 1. The Bertz CT molecular complexity index is 722. The Kier molecular flexibility index (Phi) is 4.01. The zero-order valence-corrected chi connectivity index (χ0v) is 12.3.